The van der Waals surface area contributed by atoms with E-state index in [-0.39, 0.29) is 30.6 Å². The Labute approximate surface area is 145 Å². The van der Waals surface area contributed by atoms with Gasteiger partial charge in [-0.15, -0.1) is 0 Å². The largest absolute Gasteiger partial charge is 0.496 e. The van der Waals surface area contributed by atoms with Gasteiger partial charge in [-0.05, 0) is 44.0 Å². The zero-order valence-electron chi connectivity index (χ0n) is 13.5. The van der Waals surface area contributed by atoms with Crippen LogP contribution in [0.4, 0.5) is 0 Å². The molecule has 5 nitrogen and oxygen atoms in total. The van der Waals surface area contributed by atoms with Crippen LogP contribution in [0.3, 0.4) is 0 Å². The molecule has 0 bridgehead atoms. The molecular weight excluding hydrogens is 360 g/mol. The summed E-state index contributed by atoms with van der Waals surface area (Å²) in [4.78, 5) is 26.6. The SMILES string of the molecule is COc1ccc(Br)cc1C(=O)CCC(=O)N1CC(CN)CC1C. The van der Waals surface area contributed by atoms with Crippen LogP contribution in [0.25, 0.3) is 0 Å². The Balaban J connectivity index is 1.97. The third-order valence-corrected chi connectivity index (χ3v) is 4.84. The minimum absolute atomic E-state index is 0.0239. The van der Waals surface area contributed by atoms with Crippen molar-refractivity contribution in [3.8, 4) is 5.75 Å². The number of benzene rings is 1. The van der Waals surface area contributed by atoms with Crippen molar-refractivity contribution in [2.24, 2.45) is 11.7 Å². The second-order valence-electron chi connectivity index (χ2n) is 6.00. The number of nitrogens with zero attached hydrogens (tertiary/aromatic N) is 1. The van der Waals surface area contributed by atoms with Gasteiger partial charge in [-0.2, -0.15) is 0 Å². The fourth-order valence-electron chi connectivity index (χ4n) is 3.06. The minimum Gasteiger partial charge on any atom is -0.496 e. The molecule has 1 aliphatic rings. The molecule has 0 radical (unpaired) electrons. The van der Waals surface area contributed by atoms with E-state index in [1.807, 2.05) is 17.9 Å². The first-order chi connectivity index (χ1) is 11.0. The Morgan fingerprint density at radius 3 is 2.74 bits per heavy atom. The van der Waals surface area contributed by atoms with Crippen molar-refractivity contribution >= 4 is 27.6 Å². The van der Waals surface area contributed by atoms with E-state index in [1.54, 1.807) is 12.1 Å². The fourth-order valence-corrected chi connectivity index (χ4v) is 3.42. The molecule has 1 heterocycles. The van der Waals surface area contributed by atoms with Gasteiger partial charge in [0.05, 0.1) is 12.7 Å². The second-order valence-corrected chi connectivity index (χ2v) is 6.92. The summed E-state index contributed by atoms with van der Waals surface area (Å²) in [6.45, 7) is 3.33. The summed E-state index contributed by atoms with van der Waals surface area (Å²) < 4.78 is 6.03. The molecule has 0 aromatic heterocycles. The highest BCUT2D eigenvalue weighted by atomic mass is 79.9. The highest BCUT2D eigenvalue weighted by Gasteiger charge is 2.31. The number of ether oxygens (including phenoxy) is 1. The van der Waals surface area contributed by atoms with Crippen molar-refractivity contribution in [2.75, 3.05) is 20.2 Å². The van der Waals surface area contributed by atoms with Crippen molar-refractivity contribution in [1.29, 1.82) is 0 Å². The summed E-state index contributed by atoms with van der Waals surface area (Å²) in [6, 6.07) is 5.49. The van der Waals surface area contributed by atoms with E-state index < -0.39 is 0 Å². The van der Waals surface area contributed by atoms with Crippen molar-refractivity contribution in [3.05, 3.63) is 28.2 Å². The molecule has 1 aliphatic heterocycles. The molecule has 23 heavy (non-hydrogen) atoms. The van der Waals surface area contributed by atoms with Gasteiger partial charge < -0.3 is 15.4 Å². The van der Waals surface area contributed by atoms with Crippen LogP contribution in [-0.2, 0) is 4.79 Å². The summed E-state index contributed by atoms with van der Waals surface area (Å²) in [7, 11) is 1.53. The van der Waals surface area contributed by atoms with Gasteiger partial charge in [0.1, 0.15) is 5.75 Å². The molecule has 2 rings (SSSR count). The van der Waals surface area contributed by atoms with Gasteiger partial charge in [0.2, 0.25) is 5.91 Å². The summed E-state index contributed by atoms with van der Waals surface area (Å²) in [5.41, 5.74) is 6.20. The van der Waals surface area contributed by atoms with E-state index in [4.69, 9.17) is 10.5 Å². The van der Waals surface area contributed by atoms with Crippen LogP contribution in [0.5, 0.6) is 5.75 Å². The van der Waals surface area contributed by atoms with E-state index in [0.717, 1.165) is 10.9 Å². The first-order valence-corrected chi connectivity index (χ1v) is 8.61. The number of ketones is 1. The normalized spacial score (nSPS) is 20.6. The molecular formula is C17H23BrN2O3. The molecule has 126 valence electrons. The predicted molar refractivity (Wildman–Crippen MR) is 92.6 cm³/mol. The highest BCUT2D eigenvalue weighted by Crippen LogP contribution is 2.26. The second kappa shape index (κ2) is 7.93. The first-order valence-electron chi connectivity index (χ1n) is 7.82. The van der Waals surface area contributed by atoms with Gasteiger partial charge in [-0.3, -0.25) is 9.59 Å². The monoisotopic (exact) mass is 382 g/mol. The molecule has 0 saturated carbocycles. The number of amides is 1. The quantitative estimate of drug-likeness (QED) is 0.767. The standard InChI is InChI=1S/C17H23BrN2O3/c1-11-7-12(9-19)10-20(11)17(22)6-4-15(21)14-8-13(18)3-5-16(14)23-2/h3,5,8,11-12H,4,6-7,9-10,19H2,1-2H3. The molecule has 1 aromatic carbocycles. The molecule has 1 fully saturated rings. The molecule has 2 unspecified atom stereocenters. The maximum absolute atomic E-state index is 12.4. The topological polar surface area (TPSA) is 72.6 Å². The average molecular weight is 383 g/mol. The lowest BCUT2D eigenvalue weighted by molar-refractivity contribution is -0.131. The summed E-state index contributed by atoms with van der Waals surface area (Å²) >= 11 is 3.36. The molecule has 2 atom stereocenters. The fraction of sp³-hybridized carbons (Fsp3) is 0.529. The Morgan fingerprint density at radius 1 is 1.39 bits per heavy atom. The smallest absolute Gasteiger partial charge is 0.223 e. The molecule has 2 N–H and O–H groups in total. The van der Waals surface area contributed by atoms with Gasteiger partial charge in [0, 0.05) is 29.9 Å². The van der Waals surface area contributed by atoms with Crippen LogP contribution < -0.4 is 10.5 Å². The number of halogens is 1. The number of carbonyl (C=O) groups is 2. The summed E-state index contributed by atoms with van der Waals surface area (Å²) in [5, 5.41) is 0. The van der Waals surface area contributed by atoms with Crippen molar-refractivity contribution < 1.29 is 14.3 Å². The Bertz CT molecular complexity index is 591. The molecule has 1 amide bonds. The number of carbonyl (C=O) groups excluding carboxylic acids is 2. The third kappa shape index (κ3) is 4.32. The molecule has 0 aliphatic carbocycles. The van der Waals surface area contributed by atoms with Crippen LogP contribution in [-0.4, -0.2) is 42.8 Å². The maximum Gasteiger partial charge on any atom is 0.223 e. The van der Waals surface area contributed by atoms with E-state index in [2.05, 4.69) is 15.9 Å². The Hall–Kier alpha value is -1.40. The first kappa shape index (κ1) is 17.9. The van der Waals surface area contributed by atoms with Crippen LogP contribution in [0.15, 0.2) is 22.7 Å². The van der Waals surface area contributed by atoms with Crippen molar-refractivity contribution in [1.82, 2.24) is 4.90 Å². The molecule has 1 saturated heterocycles. The Kier molecular flexibility index (Phi) is 6.18. The zero-order valence-corrected chi connectivity index (χ0v) is 15.1. The van der Waals surface area contributed by atoms with Gasteiger partial charge in [-0.1, -0.05) is 15.9 Å². The van der Waals surface area contributed by atoms with E-state index >= 15 is 0 Å². The van der Waals surface area contributed by atoms with Gasteiger partial charge >= 0.3 is 0 Å². The number of Topliss-reactive ketones (excluding diaryl/α,β-unsaturated/α-hetero) is 1. The number of rotatable bonds is 6. The highest BCUT2D eigenvalue weighted by molar-refractivity contribution is 9.10. The van der Waals surface area contributed by atoms with E-state index in [9.17, 15) is 9.59 Å². The van der Waals surface area contributed by atoms with Crippen LogP contribution in [0.1, 0.15) is 36.5 Å². The summed E-state index contributed by atoms with van der Waals surface area (Å²) in [5.74, 6) is 0.840. The molecule has 6 heteroatoms. The van der Waals surface area contributed by atoms with Crippen molar-refractivity contribution in [2.45, 2.75) is 32.2 Å². The van der Waals surface area contributed by atoms with Gasteiger partial charge in [0.25, 0.3) is 0 Å². The minimum atomic E-state index is -0.0845. The number of hydrogen-bond acceptors (Lipinski definition) is 4. The molecule has 0 spiro atoms. The summed E-state index contributed by atoms with van der Waals surface area (Å²) in [6.07, 6.45) is 1.34. The van der Waals surface area contributed by atoms with Crippen LogP contribution >= 0.6 is 15.9 Å². The number of nitrogens with two attached hydrogens (primary N) is 1. The lowest BCUT2D eigenvalue weighted by Gasteiger charge is -2.21. The number of likely N-dealkylation sites (tertiary alicyclic amines) is 1. The maximum atomic E-state index is 12.4. The van der Waals surface area contributed by atoms with Crippen molar-refractivity contribution in [3.63, 3.8) is 0 Å². The van der Waals surface area contributed by atoms with Gasteiger partial charge in [-0.25, -0.2) is 0 Å². The lowest BCUT2D eigenvalue weighted by Crippen LogP contribution is -2.34. The predicted octanol–water partition coefficient (Wildman–Crippen LogP) is 2.62. The van der Waals surface area contributed by atoms with Gasteiger partial charge in [0.15, 0.2) is 5.78 Å². The number of methoxy groups -OCH3 is 1. The van der Waals surface area contributed by atoms with E-state index in [0.29, 0.717) is 30.3 Å². The zero-order chi connectivity index (χ0) is 17.0. The van der Waals surface area contributed by atoms with Crippen LogP contribution in [0.2, 0.25) is 0 Å². The van der Waals surface area contributed by atoms with Crippen LogP contribution in [0, 0.1) is 5.92 Å². The van der Waals surface area contributed by atoms with E-state index in [1.165, 1.54) is 7.11 Å². The number of hydrogen-bond donors (Lipinski definition) is 1. The lowest BCUT2D eigenvalue weighted by atomic mass is 10.0. The molecule has 1 aromatic rings. The average Bonchev–Trinajstić information content (AvgIpc) is 2.93. The third-order valence-electron chi connectivity index (χ3n) is 4.34. The Morgan fingerprint density at radius 2 is 2.13 bits per heavy atom.